The number of carbonyl (C=O) groups excluding carboxylic acids is 1. The van der Waals surface area contributed by atoms with Gasteiger partial charge < -0.3 is 15.8 Å². The maximum atomic E-state index is 11.8. The van der Waals surface area contributed by atoms with Crippen LogP contribution in [0.15, 0.2) is 27.7 Å². The van der Waals surface area contributed by atoms with E-state index in [1.54, 1.807) is 0 Å². The molecule has 2 aliphatic heterocycles. The summed E-state index contributed by atoms with van der Waals surface area (Å²) in [5.41, 5.74) is 6.42. The first-order valence-electron chi connectivity index (χ1n) is 5.23. The lowest BCUT2D eigenvalue weighted by Gasteiger charge is -2.22. The lowest BCUT2D eigenvalue weighted by atomic mass is 10.0. The number of hydrogen-bond acceptors (Lipinski definition) is 4. The summed E-state index contributed by atoms with van der Waals surface area (Å²) in [7, 11) is 0. The Labute approximate surface area is 106 Å². The molecule has 3 N–H and O–H groups in total. The molecule has 5 nitrogen and oxygen atoms in total. The van der Waals surface area contributed by atoms with Gasteiger partial charge in [0.15, 0.2) is 0 Å². The molecule has 3 rings (SSSR count). The fraction of sp³-hybridized carbons (Fsp3) is 0.273. The van der Waals surface area contributed by atoms with Gasteiger partial charge in [-0.3, -0.25) is 9.79 Å². The van der Waals surface area contributed by atoms with Crippen LogP contribution in [0.5, 0.6) is 5.75 Å². The van der Waals surface area contributed by atoms with Crippen molar-refractivity contribution in [2.75, 3.05) is 6.54 Å². The van der Waals surface area contributed by atoms with E-state index in [2.05, 4.69) is 26.2 Å². The lowest BCUT2D eigenvalue weighted by Crippen LogP contribution is -2.48. The Morgan fingerprint density at radius 2 is 2.35 bits per heavy atom. The number of fused-ring (bicyclic) bond motifs is 3. The third-order valence-electron chi connectivity index (χ3n) is 2.85. The van der Waals surface area contributed by atoms with Gasteiger partial charge in [-0.05, 0) is 18.2 Å². The third kappa shape index (κ3) is 1.64. The fourth-order valence-corrected chi connectivity index (χ4v) is 2.45. The Morgan fingerprint density at radius 3 is 3.12 bits per heavy atom. The Hall–Kier alpha value is -1.40. The molecule has 0 spiro atoms. The van der Waals surface area contributed by atoms with Crippen LogP contribution in [0.2, 0.25) is 0 Å². The molecule has 0 radical (unpaired) electrons. The van der Waals surface area contributed by atoms with E-state index in [1.807, 2.05) is 18.2 Å². The van der Waals surface area contributed by atoms with Crippen molar-refractivity contribution in [3.8, 4) is 5.75 Å². The topological polar surface area (TPSA) is 76.7 Å². The maximum absolute atomic E-state index is 11.8. The number of amides is 1. The van der Waals surface area contributed by atoms with E-state index in [9.17, 15) is 4.79 Å². The van der Waals surface area contributed by atoms with Gasteiger partial charge in [0.25, 0.3) is 5.91 Å². The second kappa shape index (κ2) is 3.82. The summed E-state index contributed by atoms with van der Waals surface area (Å²) in [4.78, 5) is 16.2. The highest BCUT2D eigenvalue weighted by atomic mass is 79.9. The number of benzene rings is 1. The van der Waals surface area contributed by atoms with E-state index in [1.165, 1.54) is 0 Å². The number of ether oxygens (including phenoxy) is 1. The van der Waals surface area contributed by atoms with E-state index in [-0.39, 0.29) is 18.5 Å². The normalized spacial score (nSPS) is 25.5. The maximum Gasteiger partial charge on any atom is 0.269 e. The molecule has 0 saturated heterocycles. The van der Waals surface area contributed by atoms with E-state index in [0.717, 1.165) is 10.0 Å². The smallest absolute Gasteiger partial charge is 0.269 e. The molecule has 17 heavy (non-hydrogen) atoms. The van der Waals surface area contributed by atoms with Gasteiger partial charge in [-0.1, -0.05) is 15.9 Å². The third-order valence-corrected chi connectivity index (χ3v) is 3.34. The quantitative estimate of drug-likeness (QED) is 0.802. The summed E-state index contributed by atoms with van der Waals surface area (Å²) in [5.74, 6) is 1.03. The van der Waals surface area contributed by atoms with Crippen LogP contribution in [0.4, 0.5) is 0 Å². The molecule has 1 aromatic rings. The summed E-state index contributed by atoms with van der Waals surface area (Å²) in [6, 6.07) is 5.36. The van der Waals surface area contributed by atoms with Crippen molar-refractivity contribution < 1.29 is 9.53 Å². The van der Waals surface area contributed by atoms with Crippen molar-refractivity contribution in [3.63, 3.8) is 0 Å². The second-order valence-corrected chi connectivity index (χ2v) is 4.85. The minimum atomic E-state index is -0.574. The zero-order valence-corrected chi connectivity index (χ0v) is 10.4. The van der Waals surface area contributed by atoms with Gasteiger partial charge in [-0.2, -0.15) is 0 Å². The number of aliphatic imine (C=N–C) groups is 1. The molecule has 2 heterocycles. The van der Waals surface area contributed by atoms with Gasteiger partial charge in [0, 0.05) is 10.0 Å². The molecule has 0 fully saturated rings. The fourth-order valence-electron chi connectivity index (χ4n) is 2.07. The first-order chi connectivity index (χ1) is 8.19. The predicted molar refractivity (Wildman–Crippen MR) is 65.9 cm³/mol. The molecule has 0 aliphatic carbocycles. The van der Waals surface area contributed by atoms with Gasteiger partial charge >= 0.3 is 0 Å². The summed E-state index contributed by atoms with van der Waals surface area (Å²) in [5, 5.41) is 2.64. The van der Waals surface area contributed by atoms with E-state index in [0.29, 0.717) is 11.6 Å². The zero-order valence-electron chi connectivity index (χ0n) is 8.81. The van der Waals surface area contributed by atoms with Crippen LogP contribution in [0.25, 0.3) is 0 Å². The Morgan fingerprint density at radius 1 is 1.53 bits per heavy atom. The number of carbonyl (C=O) groups is 1. The molecule has 1 aromatic carbocycles. The van der Waals surface area contributed by atoms with Crippen molar-refractivity contribution in [2.45, 2.75) is 12.1 Å². The molecule has 0 saturated carbocycles. The monoisotopic (exact) mass is 295 g/mol. The largest absolute Gasteiger partial charge is 0.478 e. The summed E-state index contributed by atoms with van der Waals surface area (Å²) < 4.78 is 6.53. The van der Waals surface area contributed by atoms with Crippen LogP contribution in [0.3, 0.4) is 0 Å². The van der Waals surface area contributed by atoms with E-state index >= 15 is 0 Å². The molecule has 6 heteroatoms. The highest BCUT2D eigenvalue weighted by Gasteiger charge is 2.42. The molecular weight excluding hydrogens is 286 g/mol. The summed E-state index contributed by atoms with van der Waals surface area (Å²) in [6.45, 7) is 0.221. The van der Waals surface area contributed by atoms with Crippen molar-refractivity contribution >= 4 is 27.7 Å². The van der Waals surface area contributed by atoms with Crippen LogP contribution in [-0.4, -0.2) is 24.4 Å². The minimum Gasteiger partial charge on any atom is -0.478 e. The SMILES string of the molecule is NCC1=NC2c3cc(Br)ccc3OC2C(=O)N1. The Kier molecular flexibility index (Phi) is 2.41. The summed E-state index contributed by atoms with van der Waals surface area (Å²) in [6.07, 6.45) is -0.574. The lowest BCUT2D eigenvalue weighted by molar-refractivity contribution is -0.127. The van der Waals surface area contributed by atoms with Crippen LogP contribution in [-0.2, 0) is 4.79 Å². The number of halogens is 1. The highest BCUT2D eigenvalue weighted by Crippen LogP contribution is 2.41. The molecule has 2 unspecified atom stereocenters. The zero-order chi connectivity index (χ0) is 12.0. The first-order valence-corrected chi connectivity index (χ1v) is 6.02. The molecule has 2 aliphatic rings. The van der Waals surface area contributed by atoms with Crippen molar-refractivity contribution in [2.24, 2.45) is 10.7 Å². The molecule has 1 amide bonds. The molecular formula is C11H10BrN3O2. The summed E-state index contributed by atoms with van der Waals surface area (Å²) >= 11 is 3.40. The Bertz CT molecular complexity index is 529. The average molecular weight is 296 g/mol. The first kappa shape index (κ1) is 10.7. The van der Waals surface area contributed by atoms with Gasteiger partial charge in [-0.15, -0.1) is 0 Å². The van der Waals surface area contributed by atoms with E-state index < -0.39 is 6.10 Å². The van der Waals surface area contributed by atoms with Crippen LogP contribution < -0.4 is 15.8 Å². The van der Waals surface area contributed by atoms with Crippen molar-refractivity contribution in [3.05, 3.63) is 28.2 Å². The Balaban J connectivity index is 2.08. The number of amidine groups is 1. The second-order valence-electron chi connectivity index (χ2n) is 3.93. The number of hydrogen-bond donors (Lipinski definition) is 2. The molecule has 2 atom stereocenters. The number of nitrogens with zero attached hydrogens (tertiary/aromatic N) is 1. The average Bonchev–Trinajstić information content (AvgIpc) is 2.68. The van der Waals surface area contributed by atoms with Crippen molar-refractivity contribution in [1.82, 2.24) is 5.32 Å². The molecule has 0 bridgehead atoms. The van der Waals surface area contributed by atoms with Gasteiger partial charge in [-0.25, -0.2) is 0 Å². The number of nitrogens with one attached hydrogen (secondary N) is 1. The van der Waals surface area contributed by atoms with Crippen LogP contribution in [0, 0.1) is 0 Å². The highest BCUT2D eigenvalue weighted by molar-refractivity contribution is 9.10. The predicted octanol–water partition coefficient (Wildman–Crippen LogP) is 0.738. The number of nitrogens with two attached hydrogens (primary N) is 1. The van der Waals surface area contributed by atoms with Crippen molar-refractivity contribution in [1.29, 1.82) is 0 Å². The minimum absolute atomic E-state index is 0.183. The van der Waals surface area contributed by atoms with Crippen LogP contribution in [0.1, 0.15) is 11.6 Å². The van der Waals surface area contributed by atoms with Gasteiger partial charge in [0.1, 0.15) is 17.6 Å². The van der Waals surface area contributed by atoms with Crippen LogP contribution >= 0.6 is 15.9 Å². The van der Waals surface area contributed by atoms with Gasteiger partial charge in [0.05, 0.1) is 6.54 Å². The van der Waals surface area contributed by atoms with Gasteiger partial charge in [0.2, 0.25) is 6.10 Å². The molecule has 88 valence electrons. The molecule has 0 aromatic heterocycles. The number of rotatable bonds is 1. The van der Waals surface area contributed by atoms with E-state index in [4.69, 9.17) is 10.5 Å². The standard InChI is InChI=1S/C11H10BrN3O2/c12-5-1-2-7-6(3-5)9-10(17-7)11(16)15-8(4-13)14-9/h1-3,9-10H,4,13H2,(H,14,15,16).